The number of hydrogen-bond acceptors (Lipinski definition) is 5. The number of nitrogens with one attached hydrogen (secondary N) is 1. The van der Waals surface area contributed by atoms with E-state index < -0.39 is 16.3 Å². The number of pyridine rings is 1. The molecule has 0 saturated carbocycles. The van der Waals surface area contributed by atoms with Crippen LogP contribution in [0.2, 0.25) is 0 Å². The Kier molecular flexibility index (Phi) is 4.82. The van der Waals surface area contributed by atoms with Crippen molar-refractivity contribution >= 4 is 33.4 Å². The number of carbonyl (C=O) groups is 1. The monoisotopic (exact) mass is 331 g/mol. The van der Waals surface area contributed by atoms with E-state index in [0.29, 0.717) is 16.7 Å². The minimum atomic E-state index is -0.914. The van der Waals surface area contributed by atoms with E-state index in [1.165, 1.54) is 6.07 Å². The van der Waals surface area contributed by atoms with Crippen molar-refractivity contribution in [1.29, 1.82) is 0 Å². The first-order valence-corrected chi connectivity index (χ1v) is 6.36. The molecule has 8 heteroatoms. The third-order valence-electron chi connectivity index (χ3n) is 2.98. The third-order valence-corrected chi connectivity index (χ3v) is 3.58. The molecule has 1 unspecified atom stereocenters. The fourth-order valence-electron chi connectivity index (χ4n) is 1.29. The molecule has 0 amide bonds. The van der Waals surface area contributed by atoms with E-state index >= 15 is 0 Å². The highest BCUT2D eigenvalue weighted by Gasteiger charge is 2.31. The van der Waals surface area contributed by atoms with Crippen LogP contribution in [0, 0.1) is 15.5 Å². The fourth-order valence-corrected chi connectivity index (χ4v) is 1.77. The zero-order valence-corrected chi connectivity index (χ0v) is 12.1. The molecule has 0 aliphatic heterocycles. The molecule has 1 heterocycles. The molecule has 1 rings (SSSR count). The molecule has 0 spiro atoms. The summed E-state index contributed by atoms with van der Waals surface area (Å²) < 4.78 is 0.422. The Morgan fingerprint density at radius 2 is 2.32 bits per heavy atom. The van der Waals surface area contributed by atoms with E-state index in [1.807, 2.05) is 0 Å². The van der Waals surface area contributed by atoms with Gasteiger partial charge in [-0.25, -0.2) is 4.98 Å². The Hall–Kier alpha value is -1.70. The van der Waals surface area contributed by atoms with Crippen molar-refractivity contribution in [3.8, 4) is 0 Å². The van der Waals surface area contributed by atoms with Crippen LogP contribution in [0.15, 0.2) is 16.7 Å². The van der Waals surface area contributed by atoms with Gasteiger partial charge in [-0.1, -0.05) is 6.92 Å². The Bertz CT molecular complexity index is 509. The minimum absolute atomic E-state index is 0.131. The molecule has 0 aliphatic rings. The van der Waals surface area contributed by atoms with Gasteiger partial charge in [0, 0.05) is 12.6 Å². The van der Waals surface area contributed by atoms with Crippen LogP contribution in [0.3, 0.4) is 0 Å². The van der Waals surface area contributed by atoms with Crippen LogP contribution in [0.1, 0.15) is 20.3 Å². The van der Waals surface area contributed by atoms with Gasteiger partial charge < -0.3 is 10.4 Å². The van der Waals surface area contributed by atoms with Gasteiger partial charge in [-0.2, -0.15) is 0 Å². The highest BCUT2D eigenvalue weighted by atomic mass is 79.9. The SMILES string of the molecule is CCC(C)(CNc1ncc([N+](=O)[O-])cc1Br)C(=O)O. The number of hydrogen-bond donors (Lipinski definition) is 2. The van der Waals surface area contributed by atoms with Crippen LogP contribution < -0.4 is 5.32 Å². The maximum Gasteiger partial charge on any atom is 0.311 e. The summed E-state index contributed by atoms with van der Waals surface area (Å²) in [5, 5.41) is 22.6. The number of aromatic nitrogens is 1. The van der Waals surface area contributed by atoms with Crippen molar-refractivity contribution in [2.75, 3.05) is 11.9 Å². The lowest BCUT2D eigenvalue weighted by Gasteiger charge is -2.23. The summed E-state index contributed by atoms with van der Waals surface area (Å²) in [4.78, 5) is 25.1. The number of halogens is 1. The number of rotatable bonds is 6. The lowest BCUT2D eigenvalue weighted by atomic mass is 9.88. The first-order chi connectivity index (χ1) is 8.80. The van der Waals surface area contributed by atoms with Gasteiger partial charge in [-0.15, -0.1) is 0 Å². The number of nitro groups is 1. The van der Waals surface area contributed by atoms with E-state index in [2.05, 4.69) is 26.2 Å². The smallest absolute Gasteiger partial charge is 0.311 e. The first kappa shape index (κ1) is 15.4. The fraction of sp³-hybridized carbons (Fsp3) is 0.455. The molecule has 7 nitrogen and oxygen atoms in total. The predicted molar refractivity (Wildman–Crippen MR) is 73.1 cm³/mol. The largest absolute Gasteiger partial charge is 0.481 e. The summed E-state index contributed by atoms with van der Waals surface area (Å²) >= 11 is 3.17. The molecular weight excluding hydrogens is 318 g/mol. The van der Waals surface area contributed by atoms with E-state index in [9.17, 15) is 14.9 Å². The molecule has 1 aromatic heterocycles. The third kappa shape index (κ3) is 3.63. The highest BCUT2D eigenvalue weighted by Crippen LogP contribution is 2.27. The van der Waals surface area contributed by atoms with Crippen LogP contribution in [-0.4, -0.2) is 27.5 Å². The molecule has 0 fully saturated rings. The standard InChI is InChI=1S/C11H14BrN3O4/c1-3-11(2,10(16)17)6-14-9-8(12)4-7(5-13-9)15(18)19/h4-5H,3,6H2,1-2H3,(H,13,14)(H,16,17). The van der Waals surface area contributed by atoms with E-state index in [-0.39, 0.29) is 12.2 Å². The van der Waals surface area contributed by atoms with Gasteiger partial charge in [-0.05, 0) is 29.3 Å². The number of anilines is 1. The average Bonchev–Trinajstić information content (AvgIpc) is 2.36. The second-order valence-corrected chi connectivity index (χ2v) is 5.21. The van der Waals surface area contributed by atoms with Crippen LogP contribution in [-0.2, 0) is 4.79 Å². The Morgan fingerprint density at radius 3 is 2.74 bits per heavy atom. The summed E-state index contributed by atoms with van der Waals surface area (Å²) in [6.07, 6.45) is 1.58. The number of carboxylic acids is 1. The van der Waals surface area contributed by atoms with Crippen molar-refractivity contribution < 1.29 is 14.8 Å². The van der Waals surface area contributed by atoms with E-state index in [1.54, 1.807) is 13.8 Å². The Balaban J connectivity index is 2.84. The molecule has 0 radical (unpaired) electrons. The Morgan fingerprint density at radius 1 is 1.68 bits per heavy atom. The zero-order valence-electron chi connectivity index (χ0n) is 10.5. The van der Waals surface area contributed by atoms with Gasteiger partial charge in [0.25, 0.3) is 5.69 Å². The van der Waals surface area contributed by atoms with Crippen molar-refractivity contribution in [2.45, 2.75) is 20.3 Å². The van der Waals surface area contributed by atoms with Crippen molar-refractivity contribution in [3.63, 3.8) is 0 Å². The quantitative estimate of drug-likeness (QED) is 0.613. The van der Waals surface area contributed by atoms with Gasteiger partial charge in [-0.3, -0.25) is 14.9 Å². The maximum atomic E-state index is 11.1. The summed E-state index contributed by atoms with van der Waals surface area (Å²) in [7, 11) is 0. The van der Waals surface area contributed by atoms with Crippen molar-refractivity contribution in [2.24, 2.45) is 5.41 Å². The summed E-state index contributed by atoms with van der Waals surface area (Å²) in [6, 6.07) is 1.32. The summed E-state index contributed by atoms with van der Waals surface area (Å²) in [5.41, 5.74) is -1.04. The lowest BCUT2D eigenvalue weighted by molar-refractivity contribution is -0.385. The molecule has 0 aliphatic carbocycles. The molecule has 0 saturated heterocycles. The van der Waals surface area contributed by atoms with Gasteiger partial charge >= 0.3 is 5.97 Å². The molecule has 2 N–H and O–H groups in total. The topological polar surface area (TPSA) is 105 Å². The molecule has 1 aromatic rings. The summed E-state index contributed by atoms with van der Waals surface area (Å²) in [5.74, 6) is -0.521. The van der Waals surface area contributed by atoms with Crippen LogP contribution in [0.5, 0.6) is 0 Å². The highest BCUT2D eigenvalue weighted by molar-refractivity contribution is 9.10. The zero-order chi connectivity index (χ0) is 14.6. The summed E-state index contributed by atoms with van der Waals surface area (Å²) in [6.45, 7) is 3.60. The molecule has 0 aromatic carbocycles. The molecular formula is C11H14BrN3O4. The second kappa shape index (κ2) is 5.96. The maximum absolute atomic E-state index is 11.1. The van der Waals surface area contributed by atoms with E-state index in [4.69, 9.17) is 5.11 Å². The van der Waals surface area contributed by atoms with Crippen molar-refractivity contribution in [1.82, 2.24) is 4.98 Å². The van der Waals surface area contributed by atoms with Crippen LogP contribution >= 0.6 is 15.9 Å². The van der Waals surface area contributed by atoms with E-state index in [0.717, 1.165) is 6.20 Å². The molecule has 0 bridgehead atoms. The lowest BCUT2D eigenvalue weighted by Crippen LogP contribution is -2.34. The number of nitrogens with zero attached hydrogens (tertiary/aromatic N) is 2. The average molecular weight is 332 g/mol. The minimum Gasteiger partial charge on any atom is -0.481 e. The molecule has 1 atom stereocenters. The van der Waals surface area contributed by atoms with Gasteiger partial charge in [0.15, 0.2) is 0 Å². The van der Waals surface area contributed by atoms with Gasteiger partial charge in [0.1, 0.15) is 12.0 Å². The first-order valence-electron chi connectivity index (χ1n) is 5.57. The van der Waals surface area contributed by atoms with Gasteiger partial charge in [0.2, 0.25) is 0 Å². The number of carboxylic acid groups (broad SMARTS) is 1. The number of aliphatic carboxylic acids is 1. The van der Waals surface area contributed by atoms with Crippen LogP contribution in [0.25, 0.3) is 0 Å². The van der Waals surface area contributed by atoms with Gasteiger partial charge in [0.05, 0.1) is 14.8 Å². The normalized spacial score (nSPS) is 13.6. The molecule has 19 heavy (non-hydrogen) atoms. The van der Waals surface area contributed by atoms with Crippen molar-refractivity contribution in [3.05, 3.63) is 26.9 Å². The van der Waals surface area contributed by atoms with Crippen LogP contribution in [0.4, 0.5) is 11.5 Å². The molecule has 104 valence electrons. The predicted octanol–water partition coefficient (Wildman–Crippen LogP) is 2.67. The second-order valence-electron chi connectivity index (χ2n) is 4.35. The Labute approximate surface area is 118 Å².